The van der Waals surface area contributed by atoms with E-state index in [4.69, 9.17) is 10.6 Å². The van der Waals surface area contributed by atoms with Gasteiger partial charge in [-0.15, -0.1) is 0 Å². The third kappa shape index (κ3) is 3.04. The molecule has 0 unspecified atom stereocenters. The summed E-state index contributed by atoms with van der Waals surface area (Å²) in [5.41, 5.74) is 1.29. The molecule has 85 valence electrons. The van der Waals surface area contributed by atoms with Crippen LogP contribution < -0.4 is 10.6 Å². The molecule has 0 saturated heterocycles. The van der Waals surface area contributed by atoms with Crippen LogP contribution in [-0.4, -0.2) is 4.87 Å². The molecule has 0 aliphatic heterocycles. The Morgan fingerprint density at radius 2 is 2.18 bits per heavy atom. The molecule has 0 aliphatic carbocycles. The predicted octanol–water partition coefficient (Wildman–Crippen LogP) is 2.35. The number of hydrazine groups is 1. The molecule has 0 spiro atoms. The summed E-state index contributed by atoms with van der Waals surface area (Å²) in [6.07, 6.45) is 0. The van der Waals surface area contributed by atoms with Crippen LogP contribution in [0.3, 0.4) is 0 Å². The van der Waals surface area contributed by atoms with E-state index in [0.29, 0.717) is 17.2 Å². The van der Waals surface area contributed by atoms with Gasteiger partial charge in [-0.2, -0.15) is 5.84 Å². The van der Waals surface area contributed by atoms with Crippen molar-refractivity contribution in [2.24, 2.45) is 5.84 Å². The molecule has 2 aromatic carbocycles. The molecule has 0 amide bonds. The minimum Gasteiger partial charge on any atom is -0.489 e. The summed E-state index contributed by atoms with van der Waals surface area (Å²) in [6.45, 7) is 0.388. The Balaban J connectivity index is 2.04. The molecule has 0 aliphatic rings. The van der Waals surface area contributed by atoms with Gasteiger partial charge in [-0.1, -0.05) is 24.3 Å². The summed E-state index contributed by atoms with van der Waals surface area (Å²) in [6, 6.07) is 17.2. The number of hydrogen-bond acceptors (Lipinski definition) is 2. The molecule has 0 saturated carbocycles. The van der Waals surface area contributed by atoms with Crippen LogP contribution in [0.15, 0.2) is 48.5 Å². The first-order valence-corrected chi connectivity index (χ1v) is 5.15. The summed E-state index contributed by atoms with van der Waals surface area (Å²) < 4.78 is 5.53. The van der Waals surface area contributed by atoms with Crippen LogP contribution in [0.4, 0.5) is 5.69 Å². The summed E-state index contributed by atoms with van der Waals surface area (Å²) >= 11 is 0. The largest absolute Gasteiger partial charge is 0.489 e. The number of benzene rings is 2. The average Bonchev–Trinajstić information content (AvgIpc) is 2.38. The summed E-state index contributed by atoms with van der Waals surface area (Å²) in [4.78, 5) is 11.3. The number of hydrogen-bond donors (Lipinski definition) is 1. The van der Waals surface area contributed by atoms with Gasteiger partial charge in [0.25, 0.3) is 5.69 Å². The topological polar surface area (TPSA) is 55.3 Å². The fourth-order valence-electron chi connectivity index (χ4n) is 1.42. The number of nitroso groups, excluding NO2 is 1. The molecule has 0 aromatic heterocycles. The van der Waals surface area contributed by atoms with Gasteiger partial charge < -0.3 is 4.74 Å². The Hall–Kier alpha value is -2.36. The third-order valence-corrected chi connectivity index (χ3v) is 2.25. The number of rotatable bonds is 4. The molecule has 4 nitrogen and oxygen atoms in total. The standard InChI is InChI=1S/C13H12N2O2/c14-15(16)12-6-4-5-11(9-12)10-17-13-7-2-1-3-8-13/h1-2,4-9H,10H2,(H2,14,16)/q+1. The van der Waals surface area contributed by atoms with Gasteiger partial charge in [-0.25, -0.2) is 0 Å². The Bertz CT molecular complexity index is 512. The van der Waals surface area contributed by atoms with Gasteiger partial charge in [0.05, 0.1) is 4.91 Å². The Morgan fingerprint density at radius 3 is 2.88 bits per heavy atom. The molecule has 2 N–H and O–H groups in total. The van der Waals surface area contributed by atoms with Crippen molar-refractivity contribution in [3.63, 3.8) is 0 Å². The van der Waals surface area contributed by atoms with Crippen molar-refractivity contribution in [3.8, 4) is 5.75 Å². The molecular weight excluding hydrogens is 216 g/mol. The molecule has 0 fully saturated rings. The second-order valence-electron chi connectivity index (χ2n) is 3.52. The zero-order valence-electron chi connectivity index (χ0n) is 9.17. The maximum absolute atomic E-state index is 10.9. The average molecular weight is 228 g/mol. The van der Waals surface area contributed by atoms with Crippen LogP contribution in [-0.2, 0) is 6.61 Å². The lowest BCUT2D eigenvalue weighted by Crippen LogP contribution is -2.09. The van der Waals surface area contributed by atoms with Crippen LogP contribution in [0.1, 0.15) is 5.56 Å². The molecule has 1 radical (unpaired) electrons. The summed E-state index contributed by atoms with van der Waals surface area (Å²) in [5.74, 6) is 5.86. The van der Waals surface area contributed by atoms with Crippen LogP contribution >= 0.6 is 0 Å². The maximum Gasteiger partial charge on any atom is 0.292 e. The quantitative estimate of drug-likeness (QED) is 0.496. The van der Waals surface area contributed by atoms with Gasteiger partial charge in [-0.3, -0.25) is 0 Å². The van der Waals surface area contributed by atoms with Gasteiger partial charge in [0.15, 0.2) is 4.87 Å². The first-order chi connectivity index (χ1) is 8.25. The van der Waals surface area contributed by atoms with Crippen LogP contribution in [0.5, 0.6) is 5.75 Å². The van der Waals surface area contributed by atoms with Crippen LogP contribution in [0.25, 0.3) is 0 Å². The van der Waals surface area contributed by atoms with Crippen molar-refractivity contribution in [1.29, 1.82) is 0 Å². The third-order valence-electron chi connectivity index (χ3n) is 2.25. The van der Waals surface area contributed by atoms with E-state index in [-0.39, 0.29) is 0 Å². The highest BCUT2D eigenvalue weighted by atomic mass is 16.5. The normalized spacial score (nSPS) is 9.88. The number of nitrogens with two attached hydrogens (primary N) is 1. The lowest BCUT2D eigenvalue weighted by molar-refractivity contribution is -0.474. The highest BCUT2D eigenvalue weighted by Crippen LogP contribution is 2.15. The van der Waals surface area contributed by atoms with Gasteiger partial charge >= 0.3 is 0 Å². The van der Waals surface area contributed by atoms with Crippen molar-refractivity contribution in [2.75, 3.05) is 0 Å². The van der Waals surface area contributed by atoms with E-state index in [0.717, 1.165) is 11.3 Å². The zero-order valence-corrected chi connectivity index (χ0v) is 9.17. The monoisotopic (exact) mass is 228 g/mol. The van der Waals surface area contributed by atoms with E-state index in [1.807, 2.05) is 18.2 Å². The van der Waals surface area contributed by atoms with Gasteiger partial charge in [0, 0.05) is 12.1 Å². The lowest BCUT2D eigenvalue weighted by Gasteiger charge is -2.05. The second kappa shape index (κ2) is 5.12. The minimum absolute atomic E-state index is 0.333. The second-order valence-corrected chi connectivity index (χ2v) is 3.52. The number of ether oxygens (including phenoxy) is 1. The number of nitrogens with zero attached hydrogens (tertiary/aromatic N) is 1. The van der Waals surface area contributed by atoms with Gasteiger partial charge in [0.1, 0.15) is 12.4 Å². The van der Waals surface area contributed by atoms with E-state index in [9.17, 15) is 4.91 Å². The molecule has 0 atom stereocenters. The van der Waals surface area contributed by atoms with E-state index in [1.54, 1.807) is 30.3 Å². The van der Waals surface area contributed by atoms with Crippen molar-refractivity contribution in [2.45, 2.75) is 6.61 Å². The van der Waals surface area contributed by atoms with Crippen LogP contribution in [0.2, 0.25) is 0 Å². The summed E-state index contributed by atoms with van der Waals surface area (Å²) in [5, 5.41) is 0. The van der Waals surface area contributed by atoms with E-state index in [1.165, 1.54) is 0 Å². The van der Waals surface area contributed by atoms with E-state index >= 15 is 0 Å². The highest BCUT2D eigenvalue weighted by molar-refractivity contribution is 5.34. The molecule has 0 bridgehead atoms. The fourth-order valence-corrected chi connectivity index (χ4v) is 1.42. The van der Waals surface area contributed by atoms with Crippen LogP contribution in [0, 0.1) is 11.0 Å². The Labute approximate surface area is 99.2 Å². The lowest BCUT2D eigenvalue weighted by atomic mass is 10.2. The molecule has 4 heteroatoms. The summed E-state index contributed by atoms with van der Waals surface area (Å²) in [7, 11) is 0. The Kier molecular flexibility index (Phi) is 3.35. The maximum atomic E-state index is 10.9. The van der Waals surface area contributed by atoms with E-state index < -0.39 is 0 Å². The smallest absolute Gasteiger partial charge is 0.292 e. The first-order valence-electron chi connectivity index (χ1n) is 5.15. The molecule has 2 rings (SSSR count). The van der Waals surface area contributed by atoms with Gasteiger partial charge in [-0.05, 0) is 23.8 Å². The van der Waals surface area contributed by atoms with Crippen molar-refractivity contribution < 1.29 is 9.61 Å². The first kappa shape index (κ1) is 11.1. The SMILES string of the molecule is N[N+](=O)c1cccc(COc2c[c]ccc2)c1. The van der Waals surface area contributed by atoms with Crippen molar-refractivity contribution >= 4 is 5.69 Å². The van der Waals surface area contributed by atoms with E-state index in [2.05, 4.69) is 6.07 Å². The molecular formula is C13H12N2O2+. The molecule has 0 heterocycles. The van der Waals surface area contributed by atoms with Gasteiger partial charge in [0.2, 0.25) is 0 Å². The minimum atomic E-state index is 0.333. The van der Waals surface area contributed by atoms with Crippen molar-refractivity contribution in [3.05, 3.63) is 65.1 Å². The van der Waals surface area contributed by atoms with Crippen molar-refractivity contribution in [1.82, 2.24) is 0 Å². The fraction of sp³-hybridized carbons (Fsp3) is 0.0769. The Morgan fingerprint density at radius 1 is 1.29 bits per heavy atom. The molecule has 17 heavy (non-hydrogen) atoms. The predicted molar refractivity (Wildman–Crippen MR) is 63.5 cm³/mol. The molecule has 2 aromatic rings. The zero-order chi connectivity index (χ0) is 12.1. The highest BCUT2D eigenvalue weighted by Gasteiger charge is 2.08.